The molecule has 4 rings (SSSR count). The highest BCUT2D eigenvalue weighted by molar-refractivity contribution is 6.31. The highest BCUT2D eigenvalue weighted by Gasteiger charge is 2.14. The molecule has 0 amide bonds. The van der Waals surface area contributed by atoms with Crippen molar-refractivity contribution >= 4 is 28.3 Å². The number of hydrogen-bond donors (Lipinski definition) is 1. The first-order valence-electron chi connectivity index (χ1n) is 7.96. The Morgan fingerprint density at radius 2 is 1.85 bits per heavy atom. The molecule has 0 aliphatic heterocycles. The predicted octanol–water partition coefficient (Wildman–Crippen LogP) is 5.04. The molecule has 26 heavy (non-hydrogen) atoms. The van der Waals surface area contributed by atoms with E-state index in [1.807, 2.05) is 31.2 Å². The molecule has 6 heteroatoms. The molecule has 2 aromatic heterocycles. The SMILES string of the molecule is Cc1cc2ncnc(N)c2cc1-c1cccnc1-c1ccc(F)c(Cl)c1. The molecule has 0 atom stereocenters. The molecule has 0 radical (unpaired) electrons. The van der Waals surface area contributed by atoms with Crippen LogP contribution < -0.4 is 5.73 Å². The minimum absolute atomic E-state index is 0.0620. The smallest absolute Gasteiger partial charge is 0.141 e. The molecule has 0 unspecified atom stereocenters. The summed E-state index contributed by atoms with van der Waals surface area (Å²) in [6.45, 7) is 2.00. The van der Waals surface area contributed by atoms with Gasteiger partial charge in [0.2, 0.25) is 0 Å². The van der Waals surface area contributed by atoms with Crippen molar-refractivity contribution < 1.29 is 4.39 Å². The molecule has 2 aromatic carbocycles. The Hall–Kier alpha value is -3.05. The van der Waals surface area contributed by atoms with E-state index in [-0.39, 0.29) is 5.02 Å². The first-order chi connectivity index (χ1) is 12.5. The molecule has 0 aliphatic carbocycles. The van der Waals surface area contributed by atoms with Crippen LogP contribution in [-0.2, 0) is 0 Å². The molecule has 4 aromatic rings. The fourth-order valence-corrected chi connectivity index (χ4v) is 3.19. The summed E-state index contributed by atoms with van der Waals surface area (Å²) in [4.78, 5) is 12.8. The Labute approximate surface area is 154 Å². The van der Waals surface area contributed by atoms with Crippen LogP contribution in [0.3, 0.4) is 0 Å². The van der Waals surface area contributed by atoms with Crippen molar-refractivity contribution in [2.75, 3.05) is 5.73 Å². The molecule has 128 valence electrons. The summed E-state index contributed by atoms with van der Waals surface area (Å²) in [7, 11) is 0. The molecular formula is C20H14ClFN4. The van der Waals surface area contributed by atoms with Gasteiger partial charge in [0.1, 0.15) is 18.0 Å². The molecule has 0 saturated heterocycles. The number of benzene rings is 2. The maximum absolute atomic E-state index is 13.5. The molecule has 0 aliphatic rings. The number of nitrogens with zero attached hydrogens (tertiary/aromatic N) is 3. The number of aryl methyl sites for hydroxylation is 1. The summed E-state index contributed by atoms with van der Waals surface area (Å²) in [5.74, 6) is -0.0359. The first kappa shape index (κ1) is 16.4. The Kier molecular flexibility index (Phi) is 4.01. The van der Waals surface area contributed by atoms with Gasteiger partial charge in [-0.25, -0.2) is 14.4 Å². The molecule has 4 nitrogen and oxygen atoms in total. The van der Waals surface area contributed by atoms with E-state index in [4.69, 9.17) is 17.3 Å². The zero-order valence-corrected chi connectivity index (χ0v) is 14.6. The largest absolute Gasteiger partial charge is 0.383 e. The topological polar surface area (TPSA) is 64.7 Å². The zero-order valence-electron chi connectivity index (χ0n) is 13.9. The van der Waals surface area contributed by atoms with Gasteiger partial charge >= 0.3 is 0 Å². The van der Waals surface area contributed by atoms with Gasteiger partial charge in [0.05, 0.1) is 16.2 Å². The van der Waals surface area contributed by atoms with Crippen molar-refractivity contribution in [3.8, 4) is 22.4 Å². The molecule has 0 saturated carbocycles. The monoisotopic (exact) mass is 364 g/mol. The molecule has 0 spiro atoms. The van der Waals surface area contributed by atoms with Crippen LogP contribution >= 0.6 is 11.6 Å². The second-order valence-corrected chi connectivity index (χ2v) is 6.38. The summed E-state index contributed by atoms with van der Waals surface area (Å²) in [6.07, 6.45) is 3.15. The van der Waals surface area contributed by atoms with Gasteiger partial charge in [-0.1, -0.05) is 17.7 Å². The highest BCUT2D eigenvalue weighted by Crippen LogP contribution is 2.35. The zero-order chi connectivity index (χ0) is 18.3. The predicted molar refractivity (Wildman–Crippen MR) is 102 cm³/mol. The Morgan fingerprint density at radius 1 is 1.00 bits per heavy atom. The van der Waals surface area contributed by atoms with Crippen LogP contribution in [-0.4, -0.2) is 15.0 Å². The van der Waals surface area contributed by atoms with Gasteiger partial charge in [0, 0.05) is 22.7 Å². The molecule has 2 N–H and O–H groups in total. The third-order valence-corrected chi connectivity index (χ3v) is 4.59. The lowest BCUT2D eigenvalue weighted by Gasteiger charge is -2.13. The molecule has 0 bridgehead atoms. The average Bonchev–Trinajstić information content (AvgIpc) is 2.64. The molecule has 0 fully saturated rings. The summed E-state index contributed by atoms with van der Waals surface area (Å²) >= 11 is 5.96. The minimum atomic E-state index is -0.459. The van der Waals surface area contributed by atoms with Crippen LogP contribution in [0.1, 0.15) is 5.56 Å². The van der Waals surface area contributed by atoms with Crippen molar-refractivity contribution in [1.82, 2.24) is 15.0 Å². The lowest BCUT2D eigenvalue weighted by molar-refractivity contribution is 0.628. The number of nitrogen functional groups attached to an aromatic ring is 1. The number of fused-ring (bicyclic) bond motifs is 1. The van der Waals surface area contributed by atoms with Gasteiger partial charge in [0.15, 0.2) is 0 Å². The van der Waals surface area contributed by atoms with Gasteiger partial charge in [-0.05, 0) is 54.4 Å². The Morgan fingerprint density at radius 3 is 2.65 bits per heavy atom. The van der Waals surface area contributed by atoms with Gasteiger partial charge in [-0.2, -0.15) is 0 Å². The Bertz CT molecular complexity index is 1140. The van der Waals surface area contributed by atoms with Crippen LogP contribution in [0.25, 0.3) is 33.3 Å². The van der Waals surface area contributed by atoms with E-state index in [1.54, 1.807) is 18.3 Å². The second kappa shape index (κ2) is 6.35. The third kappa shape index (κ3) is 2.76. The molecule has 2 heterocycles. The standard InChI is InChI=1S/C20H14ClFN4/c1-11-7-18-15(20(23)26-10-25-18)9-14(11)13-3-2-6-24-19(13)12-4-5-17(22)16(21)8-12/h2-10H,1H3,(H2,23,25,26). The van der Waals surface area contributed by atoms with E-state index in [2.05, 4.69) is 15.0 Å². The highest BCUT2D eigenvalue weighted by atomic mass is 35.5. The second-order valence-electron chi connectivity index (χ2n) is 5.97. The van der Waals surface area contributed by atoms with E-state index in [0.717, 1.165) is 33.2 Å². The molecular weight excluding hydrogens is 351 g/mol. The number of nitrogens with two attached hydrogens (primary N) is 1. The van der Waals surface area contributed by atoms with Gasteiger partial charge in [-0.3, -0.25) is 4.98 Å². The van der Waals surface area contributed by atoms with Crippen molar-refractivity contribution in [3.63, 3.8) is 0 Å². The van der Waals surface area contributed by atoms with Crippen molar-refractivity contribution in [2.24, 2.45) is 0 Å². The third-order valence-electron chi connectivity index (χ3n) is 4.30. The summed E-state index contributed by atoms with van der Waals surface area (Å²) in [6, 6.07) is 12.3. The number of hydrogen-bond acceptors (Lipinski definition) is 4. The normalized spacial score (nSPS) is 11.0. The van der Waals surface area contributed by atoms with Crippen molar-refractivity contribution in [1.29, 1.82) is 0 Å². The van der Waals surface area contributed by atoms with Crippen LogP contribution in [0, 0.1) is 12.7 Å². The van der Waals surface area contributed by atoms with E-state index < -0.39 is 5.82 Å². The van der Waals surface area contributed by atoms with E-state index >= 15 is 0 Å². The Balaban J connectivity index is 1.97. The van der Waals surface area contributed by atoms with E-state index in [1.165, 1.54) is 12.4 Å². The first-order valence-corrected chi connectivity index (χ1v) is 8.34. The summed E-state index contributed by atoms with van der Waals surface area (Å²) in [5.41, 5.74) is 11.1. The number of aromatic nitrogens is 3. The average molecular weight is 365 g/mol. The van der Waals surface area contributed by atoms with Gasteiger partial charge in [-0.15, -0.1) is 0 Å². The lowest BCUT2D eigenvalue weighted by atomic mass is 9.94. The minimum Gasteiger partial charge on any atom is -0.383 e. The summed E-state index contributed by atoms with van der Waals surface area (Å²) < 4.78 is 13.5. The van der Waals surface area contributed by atoms with Crippen molar-refractivity contribution in [2.45, 2.75) is 6.92 Å². The number of rotatable bonds is 2. The van der Waals surface area contributed by atoms with Crippen LogP contribution in [0.4, 0.5) is 10.2 Å². The van der Waals surface area contributed by atoms with Crippen LogP contribution in [0.15, 0.2) is 55.0 Å². The fourth-order valence-electron chi connectivity index (χ4n) is 3.01. The van der Waals surface area contributed by atoms with Crippen molar-refractivity contribution in [3.05, 3.63) is 71.4 Å². The number of anilines is 1. The van der Waals surface area contributed by atoms with Gasteiger partial charge in [0.25, 0.3) is 0 Å². The van der Waals surface area contributed by atoms with Crippen LogP contribution in [0.2, 0.25) is 5.02 Å². The number of pyridine rings is 1. The summed E-state index contributed by atoms with van der Waals surface area (Å²) in [5, 5.41) is 0.840. The quantitative estimate of drug-likeness (QED) is 0.541. The van der Waals surface area contributed by atoms with Gasteiger partial charge < -0.3 is 5.73 Å². The fraction of sp³-hybridized carbons (Fsp3) is 0.0500. The lowest BCUT2D eigenvalue weighted by Crippen LogP contribution is -1.96. The van der Waals surface area contributed by atoms with E-state index in [0.29, 0.717) is 11.5 Å². The maximum atomic E-state index is 13.5. The van der Waals surface area contributed by atoms with Crippen LogP contribution in [0.5, 0.6) is 0 Å². The maximum Gasteiger partial charge on any atom is 0.141 e. The van der Waals surface area contributed by atoms with E-state index in [9.17, 15) is 4.39 Å². The number of halogens is 2.